The van der Waals surface area contributed by atoms with Crippen LogP contribution in [-0.2, 0) is 4.74 Å². The molecule has 0 amide bonds. The molecule has 1 fully saturated rings. The van der Waals surface area contributed by atoms with Crippen LogP contribution < -0.4 is 14.8 Å². The van der Waals surface area contributed by atoms with Crippen LogP contribution in [0.25, 0.3) is 0 Å². The third-order valence-electron chi connectivity index (χ3n) is 5.38. The average molecular weight is 392 g/mol. The number of ether oxygens (including phenoxy) is 3. The van der Waals surface area contributed by atoms with E-state index in [1.165, 1.54) is 5.56 Å². The molecule has 1 saturated heterocycles. The molecule has 1 N–H and O–H groups in total. The van der Waals surface area contributed by atoms with Crippen LogP contribution in [0.15, 0.2) is 23.2 Å². The maximum absolute atomic E-state index is 5.85. The van der Waals surface area contributed by atoms with Crippen molar-refractivity contribution in [2.24, 2.45) is 10.9 Å². The van der Waals surface area contributed by atoms with E-state index in [-0.39, 0.29) is 6.10 Å². The summed E-state index contributed by atoms with van der Waals surface area (Å²) in [6.45, 7) is 10.0. The molecule has 1 aromatic carbocycles. The summed E-state index contributed by atoms with van der Waals surface area (Å²) in [5, 5.41) is 3.52. The van der Waals surface area contributed by atoms with Crippen LogP contribution in [0.2, 0.25) is 0 Å². The summed E-state index contributed by atoms with van der Waals surface area (Å²) >= 11 is 0. The summed E-state index contributed by atoms with van der Waals surface area (Å²) in [5.41, 5.74) is 1.25. The fourth-order valence-corrected chi connectivity index (χ4v) is 3.77. The first-order valence-electron chi connectivity index (χ1n) is 10.3. The highest BCUT2D eigenvalue weighted by Gasteiger charge is 2.27. The van der Waals surface area contributed by atoms with Crippen molar-refractivity contribution in [3.05, 3.63) is 23.8 Å². The first-order chi connectivity index (χ1) is 13.5. The second kappa shape index (κ2) is 11.1. The molecule has 0 aromatic heterocycles. The maximum Gasteiger partial charge on any atom is 0.193 e. The predicted octanol–water partition coefficient (Wildman–Crippen LogP) is 3.52. The van der Waals surface area contributed by atoms with Crippen LogP contribution in [0.5, 0.6) is 11.5 Å². The zero-order valence-electron chi connectivity index (χ0n) is 18.3. The Morgan fingerprint density at radius 2 is 1.89 bits per heavy atom. The van der Waals surface area contributed by atoms with Crippen LogP contribution in [0.3, 0.4) is 0 Å². The lowest BCUT2D eigenvalue weighted by Gasteiger charge is -2.24. The van der Waals surface area contributed by atoms with Gasteiger partial charge in [-0.3, -0.25) is 4.99 Å². The summed E-state index contributed by atoms with van der Waals surface area (Å²) in [6.07, 6.45) is 2.35. The number of hydrogen-bond acceptors (Lipinski definition) is 4. The normalized spacial score (nSPS) is 18.5. The third kappa shape index (κ3) is 6.03. The molecule has 6 heteroatoms. The quantitative estimate of drug-likeness (QED) is 0.516. The molecule has 0 radical (unpaired) electrons. The monoisotopic (exact) mass is 391 g/mol. The van der Waals surface area contributed by atoms with Crippen molar-refractivity contribution in [3.63, 3.8) is 0 Å². The van der Waals surface area contributed by atoms with Crippen LogP contribution in [-0.4, -0.2) is 64.5 Å². The Morgan fingerprint density at radius 3 is 2.43 bits per heavy atom. The molecule has 2 unspecified atom stereocenters. The fourth-order valence-electron chi connectivity index (χ4n) is 3.77. The lowest BCUT2D eigenvalue weighted by Crippen LogP contribution is -2.41. The average Bonchev–Trinajstić information content (AvgIpc) is 3.19. The van der Waals surface area contributed by atoms with Gasteiger partial charge in [0.15, 0.2) is 5.96 Å². The number of hydrogen-bond donors (Lipinski definition) is 1. The Bertz CT molecular complexity index is 611. The number of nitrogens with zero attached hydrogens (tertiary/aromatic N) is 2. The van der Waals surface area contributed by atoms with Crippen molar-refractivity contribution in [2.45, 2.75) is 45.6 Å². The van der Waals surface area contributed by atoms with Gasteiger partial charge in [-0.1, -0.05) is 13.8 Å². The van der Waals surface area contributed by atoms with E-state index in [2.05, 4.69) is 48.1 Å². The molecule has 1 heterocycles. The van der Waals surface area contributed by atoms with Gasteiger partial charge in [0.2, 0.25) is 0 Å². The SMILES string of the molecule is CCOC(CCNC(=NC)N1CCC(c2cc(OC)cc(OC)c2)C1)C(C)C. The van der Waals surface area contributed by atoms with Gasteiger partial charge in [0.25, 0.3) is 0 Å². The van der Waals surface area contributed by atoms with Crippen LogP contribution in [0.1, 0.15) is 45.1 Å². The number of aliphatic imine (C=N–C) groups is 1. The largest absolute Gasteiger partial charge is 0.497 e. The van der Waals surface area contributed by atoms with Crippen LogP contribution >= 0.6 is 0 Å². The number of benzene rings is 1. The third-order valence-corrected chi connectivity index (χ3v) is 5.38. The molecule has 0 bridgehead atoms. The van der Waals surface area contributed by atoms with Crippen LogP contribution in [0.4, 0.5) is 0 Å². The Balaban J connectivity index is 1.94. The Morgan fingerprint density at radius 1 is 1.21 bits per heavy atom. The summed E-state index contributed by atoms with van der Waals surface area (Å²) < 4.78 is 16.7. The van der Waals surface area contributed by atoms with Gasteiger partial charge < -0.3 is 24.4 Å². The number of rotatable bonds is 9. The number of likely N-dealkylation sites (tertiary alicyclic amines) is 1. The zero-order chi connectivity index (χ0) is 20.5. The number of guanidine groups is 1. The van der Waals surface area contributed by atoms with Gasteiger partial charge in [-0.2, -0.15) is 0 Å². The molecular weight excluding hydrogens is 354 g/mol. The molecule has 1 aliphatic rings. The molecular formula is C22H37N3O3. The first kappa shape index (κ1) is 22.3. The van der Waals surface area contributed by atoms with Gasteiger partial charge in [0.05, 0.1) is 20.3 Å². The molecule has 1 aliphatic heterocycles. The second-order valence-corrected chi connectivity index (χ2v) is 7.58. The van der Waals surface area contributed by atoms with Crippen molar-refractivity contribution < 1.29 is 14.2 Å². The van der Waals surface area contributed by atoms with Crippen molar-refractivity contribution >= 4 is 5.96 Å². The van der Waals surface area contributed by atoms with E-state index in [9.17, 15) is 0 Å². The van der Waals surface area contributed by atoms with Crippen molar-refractivity contribution in [2.75, 3.05) is 47.5 Å². The van der Waals surface area contributed by atoms with E-state index in [0.29, 0.717) is 11.8 Å². The molecule has 158 valence electrons. The smallest absolute Gasteiger partial charge is 0.193 e. The zero-order valence-corrected chi connectivity index (χ0v) is 18.3. The standard InChI is InChI=1S/C22H37N3O3/c1-7-28-21(16(2)3)8-10-24-22(23-4)25-11-9-17(15-25)18-12-19(26-5)14-20(13-18)27-6/h12-14,16-17,21H,7-11,15H2,1-6H3,(H,23,24). The molecule has 2 atom stereocenters. The van der Waals surface area contributed by atoms with Crippen molar-refractivity contribution in [1.29, 1.82) is 0 Å². The first-order valence-corrected chi connectivity index (χ1v) is 10.3. The highest BCUT2D eigenvalue weighted by atomic mass is 16.5. The van der Waals surface area contributed by atoms with E-state index >= 15 is 0 Å². The van der Waals surface area contributed by atoms with Gasteiger partial charge >= 0.3 is 0 Å². The van der Waals surface area contributed by atoms with Crippen molar-refractivity contribution in [1.82, 2.24) is 10.2 Å². The molecule has 0 aliphatic carbocycles. The molecule has 6 nitrogen and oxygen atoms in total. The summed E-state index contributed by atoms with van der Waals surface area (Å²) in [7, 11) is 5.24. The van der Waals surface area contributed by atoms with Crippen LogP contribution in [0, 0.1) is 5.92 Å². The number of nitrogens with one attached hydrogen (secondary N) is 1. The van der Waals surface area contributed by atoms with Gasteiger partial charge in [-0.25, -0.2) is 0 Å². The van der Waals surface area contributed by atoms with E-state index < -0.39 is 0 Å². The lowest BCUT2D eigenvalue weighted by molar-refractivity contribution is 0.0257. The minimum absolute atomic E-state index is 0.284. The molecule has 28 heavy (non-hydrogen) atoms. The maximum atomic E-state index is 5.85. The molecule has 2 rings (SSSR count). The van der Waals surface area contributed by atoms with Gasteiger partial charge in [-0.05, 0) is 43.4 Å². The highest BCUT2D eigenvalue weighted by molar-refractivity contribution is 5.80. The van der Waals surface area contributed by atoms with Gasteiger partial charge in [0.1, 0.15) is 11.5 Å². The number of methoxy groups -OCH3 is 2. The second-order valence-electron chi connectivity index (χ2n) is 7.58. The van der Waals surface area contributed by atoms with Crippen molar-refractivity contribution in [3.8, 4) is 11.5 Å². The Hall–Kier alpha value is -1.95. The lowest BCUT2D eigenvalue weighted by atomic mass is 9.98. The summed E-state index contributed by atoms with van der Waals surface area (Å²) in [4.78, 5) is 6.83. The predicted molar refractivity (Wildman–Crippen MR) is 115 cm³/mol. The van der Waals surface area contributed by atoms with Gasteiger partial charge in [0, 0.05) is 45.3 Å². The minimum atomic E-state index is 0.284. The van der Waals surface area contributed by atoms with E-state index in [0.717, 1.165) is 56.5 Å². The summed E-state index contributed by atoms with van der Waals surface area (Å²) in [5.74, 6) is 3.60. The molecule has 0 saturated carbocycles. The molecule has 0 spiro atoms. The van der Waals surface area contributed by atoms with E-state index in [1.807, 2.05) is 13.1 Å². The Labute approximate surface area is 170 Å². The minimum Gasteiger partial charge on any atom is -0.497 e. The van der Waals surface area contributed by atoms with E-state index in [1.54, 1.807) is 14.2 Å². The van der Waals surface area contributed by atoms with E-state index in [4.69, 9.17) is 14.2 Å². The topological polar surface area (TPSA) is 55.3 Å². The van der Waals surface area contributed by atoms with Gasteiger partial charge in [-0.15, -0.1) is 0 Å². The summed E-state index contributed by atoms with van der Waals surface area (Å²) in [6, 6.07) is 6.14. The highest BCUT2D eigenvalue weighted by Crippen LogP contribution is 2.32. The fraction of sp³-hybridized carbons (Fsp3) is 0.682. The Kier molecular flexibility index (Phi) is 8.90. The molecule has 1 aromatic rings.